The van der Waals surface area contributed by atoms with E-state index >= 15 is 0 Å². The van der Waals surface area contributed by atoms with Crippen LogP contribution in [0.4, 0.5) is 0 Å². The Balaban J connectivity index is 2.19. The topological polar surface area (TPSA) is 38.3 Å². The number of ether oxygens (including phenoxy) is 1. The second-order valence-corrected chi connectivity index (χ2v) is 5.49. The minimum absolute atomic E-state index is 0.0710. The quantitative estimate of drug-likeness (QED) is 0.851. The molecule has 0 radical (unpaired) electrons. The van der Waals surface area contributed by atoms with E-state index in [2.05, 4.69) is 5.32 Å². The van der Waals surface area contributed by atoms with Crippen LogP contribution in [0.25, 0.3) is 0 Å². The molecule has 2 rings (SSSR count). The first kappa shape index (κ1) is 15.4. The second kappa shape index (κ2) is 7.18. The van der Waals surface area contributed by atoms with Gasteiger partial charge in [0, 0.05) is 10.5 Å². The molecule has 3 nitrogen and oxygen atoms in total. The van der Waals surface area contributed by atoms with Crippen LogP contribution >= 0.6 is 11.8 Å². The molecule has 0 saturated heterocycles. The molecule has 0 fully saturated rings. The molecule has 0 aliphatic heterocycles. The average Bonchev–Trinajstić information content (AvgIpc) is 2.54. The van der Waals surface area contributed by atoms with Crippen molar-refractivity contribution in [1.29, 1.82) is 0 Å². The first-order chi connectivity index (χ1) is 10.2. The molecule has 0 heterocycles. The number of carbonyl (C=O) groups is 1. The first-order valence-corrected chi connectivity index (χ1v) is 7.96. The molecule has 0 bridgehead atoms. The Morgan fingerprint density at radius 1 is 1.14 bits per heavy atom. The molecule has 2 aromatic carbocycles. The number of nitrogens with one attached hydrogen (secondary N) is 1. The standard InChI is InChI=1S/C17H19NO2S/c1-12(13-8-4-6-10-15(13)20-2)18-17(19)14-9-5-7-11-16(14)21-3/h4-12H,1-3H3,(H,18,19). The van der Waals surface area contributed by atoms with Crippen molar-refractivity contribution in [2.75, 3.05) is 13.4 Å². The highest BCUT2D eigenvalue weighted by Gasteiger charge is 2.16. The number of carbonyl (C=O) groups excluding carboxylic acids is 1. The Morgan fingerprint density at radius 3 is 2.52 bits per heavy atom. The van der Waals surface area contributed by atoms with Gasteiger partial charge in [-0.25, -0.2) is 0 Å². The molecule has 0 aliphatic rings. The maximum absolute atomic E-state index is 12.4. The summed E-state index contributed by atoms with van der Waals surface area (Å²) in [5.41, 5.74) is 1.67. The van der Waals surface area contributed by atoms with Crippen molar-refractivity contribution < 1.29 is 9.53 Å². The van der Waals surface area contributed by atoms with Crippen LogP contribution in [0.3, 0.4) is 0 Å². The largest absolute Gasteiger partial charge is 0.496 e. The van der Waals surface area contributed by atoms with Gasteiger partial charge in [-0.3, -0.25) is 4.79 Å². The monoisotopic (exact) mass is 301 g/mol. The third kappa shape index (κ3) is 3.58. The summed E-state index contributed by atoms with van der Waals surface area (Å²) in [7, 11) is 1.64. The van der Waals surface area contributed by atoms with Crippen molar-refractivity contribution in [1.82, 2.24) is 5.32 Å². The fourth-order valence-corrected chi connectivity index (χ4v) is 2.80. The second-order valence-electron chi connectivity index (χ2n) is 4.64. The maximum atomic E-state index is 12.4. The number of thioether (sulfide) groups is 1. The molecule has 0 aliphatic carbocycles. The van der Waals surface area contributed by atoms with Gasteiger partial charge in [0.05, 0.1) is 18.7 Å². The van der Waals surface area contributed by atoms with Gasteiger partial charge in [-0.05, 0) is 31.4 Å². The Hall–Kier alpha value is -1.94. The third-order valence-electron chi connectivity index (χ3n) is 3.30. The van der Waals surface area contributed by atoms with Crippen molar-refractivity contribution >= 4 is 17.7 Å². The van der Waals surface area contributed by atoms with Crippen LogP contribution in [-0.2, 0) is 0 Å². The van der Waals surface area contributed by atoms with Gasteiger partial charge < -0.3 is 10.1 Å². The van der Waals surface area contributed by atoms with Gasteiger partial charge in [0.2, 0.25) is 0 Å². The minimum atomic E-state index is -0.122. The summed E-state index contributed by atoms with van der Waals surface area (Å²) in [6, 6.07) is 15.2. The molecule has 1 unspecified atom stereocenters. The first-order valence-electron chi connectivity index (χ1n) is 6.74. The predicted molar refractivity (Wildman–Crippen MR) is 87.1 cm³/mol. The minimum Gasteiger partial charge on any atom is -0.496 e. The van der Waals surface area contributed by atoms with E-state index in [1.165, 1.54) is 0 Å². The molecule has 0 saturated carbocycles. The Bertz CT molecular complexity index is 628. The number of hydrogen-bond donors (Lipinski definition) is 1. The van der Waals surface area contributed by atoms with E-state index < -0.39 is 0 Å². The molecule has 1 amide bonds. The van der Waals surface area contributed by atoms with E-state index in [0.717, 1.165) is 16.2 Å². The fourth-order valence-electron chi connectivity index (χ4n) is 2.21. The van der Waals surface area contributed by atoms with Crippen LogP contribution in [0.15, 0.2) is 53.4 Å². The smallest absolute Gasteiger partial charge is 0.252 e. The average molecular weight is 301 g/mol. The van der Waals surface area contributed by atoms with E-state index in [1.807, 2.05) is 61.7 Å². The molecular formula is C17H19NO2S. The van der Waals surface area contributed by atoms with Crippen LogP contribution < -0.4 is 10.1 Å². The summed E-state index contributed by atoms with van der Waals surface area (Å²) in [4.78, 5) is 13.4. The van der Waals surface area contributed by atoms with Crippen molar-refractivity contribution in [3.63, 3.8) is 0 Å². The molecule has 0 spiro atoms. The van der Waals surface area contributed by atoms with E-state index in [4.69, 9.17) is 4.74 Å². The van der Waals surface area contributed by atoms with E-state index in [1.54, 1.807) is 18.9 Å². The van der Waals surface area contributed by atoms with Crippen molar-refractivity contribution in [2.45, 2.75) is 17.9 Å². The highest BCUT2D eigenvalue weighted by Crippen LogP contribution is 2.25. The van der Waals surface area contributed by atoms with E-state index in [-0.39, 0.29) is 11.9 Å². The zero-order valence-corrected chi connectivity index (χ0v) is 13.2. The molecule has 1 N–H and O–H groups in total. The number of hydrogen-bond acceptors (Lipinski definition) is 3. The number of benzene rings is 2. The lowest BCUT2D eigenvalue weighted by Crippen LogP contribution is -2.27. The number of rotatable bonds is 5. The summed E-state index contributed by atoms with van der Waals surface area (Å²) >= 11 is 1.57. The number of para-hydroxylation sites is 1. The molecule has 1 atom stereocenters. The van der Waals surface area contributed by atoms with Crippen LogP contribution in [0.2, 0.25) is 0 Å². The van der Waals surface area contributed by atoms with Gasteiger partial charge >= 0.3 is 0 Å². The van der Waals surface area contributed by atoms with Gasteiger partial charge in [0.1, 0.15) is 5.75 Å². The Kier molecular flexibility index (Phi) is 5.28. The van der Waals surface area contributed by atoms with Crippen molar-refractivity contribution in [2.24, 2.45) is 0 Å². The van der Waals surface area contributed by atoms with E-state index in [9.17, 15) is 4.79 Å². The summed E-state index contributed by atoms with van der Waals surface area (Å²) in [5, 5.41) is 3.03. The van der Waals surface area contributed by atoms with Gasteiger partial charge in [-0.2, -0.15) is 0 Å². The van der Waals surface area contributed by atoms with Crippen LogP contribution in [0.5, 0.6) is 5.75 Å². The molecule has 110 valence electrons. The highest BCUT2D eigenvalue weighted by atomic mass is 32.2. The lowest BCUT2D eigenvalue weighted by atomic mass is 10.1. The fraction of sp³-hybridized carbons (Fsp3) is 0.235. The summed E-state index contributed by atoms with van der Waals surface area (Å²) < 4.78 is 5.34. The molecule has 0 aromatic heterocycles. The molecule has 21 heavy (non-hydrogen) atoms. The Labute approximate surface area is 129 Å². The normalized spacial score (nSPS) is 11.8. The summed E-state index contributed by atoms with van der Waals surface area (Å²) in [6.07, 6.45) is 1.97. The van der Waals surface area contributed by atoms with Crippen molar-refractivity contribution in [3.8, 4) is 5.75 Å². The Morgan fingerprint density at radius 2 is 1.81 bits per heavy atom. The molecule has 2 aromatic rings. The number of amides is 1. The molecule has 4 heteroatoms. The zero-order chi connectivity index (χ0) is 15.2. The van der Waals surface area contributed by atoms with Gasteiger partial charge in [0.15, 0.2) is 0 Å². The lowest BCUT2D eigenvalue weighted by Gasteiger charge is -2.18. The SMILES string of the molecule is COc1ccccc1C(C)NC(=O)c1ccccc1SC. The third-order valence-corrected chi connectivity index (χ3v) is 4.10. The van der Waals surface area contributed by atoms with Crippen LogP contribution in [0, 0.1) is 0 Å². The maximum Gasteiger partial charge on any atom is 0.252 e. The van der Waals surface area contributed by atoms with E-state index in [0.29, 0.717) is 5.56 Å². The predicted octanol–water partition coefficient (Wildman–Crippen LogP) is 3.91. The van der Waals surface area contributed by atoms with Gasteiger partial charge in [0.25, 0.3) is 5.91 Å². The summed E-state index contributed by atoms with van der Waals surface area (Å²) in [5.74, 6) is 0.710. The van der Waals surface area contributed by atoms with Crippen molar-refractivity contribution in [3.05, 3.63) is 59.7 Å². The van der Waals surface area contributed by atoms with Crippen LogP contribution in [0.1, 0.15) is 28.9 Å². The number of methoxy groups -OCH3 is 1. The van der Waals surface area contributed by atoms with Crippen LogP contribution in [-0.4, -0.2) is 19.3 Å². The van der Waals surface area contributed by atoms with Gasteiger partial charge in [-0.15, -0.1) is 11.8 Å². The summed E-state index contributed by atoms with van der Waals surface area (Å²) in [6.45, 7) is 1.96. The highest BCUT2D eigenvalue weighted by molar-refractivity contribution is 7.98. The van der Waals surface area contributed by atoms with Gasteiger partial charge in [-0.1, -0.05) is 30.3 Å². The lowest BCUT2D eigenvalue weighted by molar-refractivity contribution is 0.0936. The molecular weight excluding hydrogens is 282 g/mol. The zero-order valence-electron chi connectivity index (χ0n) is 12.4.